The van der Waals surface area contributed by atoms with Gasteiger partial charge in [0, 0.05) is 23.2 Å². The molecule has 0 atom stereocenters. The highest BCUT2D eigenvalue weighted by Crippen LogP contribution is 2.31. The number of halogens is 3. The van der Waals surface area contributed by atoms with E-state index in [1.165, 1.54) is 0 Å². The highest BCUT2D eigenvalue weighted by atomic mass is 35.5. The molecule has 0 aliphatic rings. The predicted molar refractivity (Wildman–Crippen MR) is 76.5 cm³/mol. The van der Waals surface area contributed by atoms with E-state index in [1.807, 2.05) is 13.8 Å². The first-order chi connectivity index (χ1) is 8.41. The number of hydrogen-bond acceptors (Lipinski definition) is 2. The third kappa shape index (κ3) is 4.65. The summed E-state index contributed by atoms with van der Waals surface area (Å²) in [6.45, 7) is 4.41. The second-order valence-corrected chi connectivity index (χ2v) is 5.34. The monoisotopic (exact) mass is 308 g/mol. The fourth-order valence-electron chi connectivity index (χ4n) is 1.41. The Morgan fingerprint density at radius 3 is 2.44 bits per heavy atom. The molecule has 0 saturated heterocycles. The van der Waals surface area contributed by atoms with Gasteiger partial charge in [-0.05, 0) is 26.0 Å². The van der Waals surface area contributed by atoms with E-state index >= 15 is 0 Å². The van der Waals surface area contributed by atoms with Crippen molar-refractivity contribution in [2.45, 2.75) is 26.4 Å². The molecule has 2 N–H and O–H groups in total. The van der Waals surface area contributed by atoms with Crippen molar-refractivity contribution in [2.24, 2.45) is 0 Å². The van der Waals surface area contributed by atoms with Crippen molar-refractivity contribution < 1.29 is 4.79 Å². The molecular weight excluding hydrogens is 295 g/mol. The molecule has 0 unspecified atom stereocenters. The second-order valence-electron chi connectivity index (χ2n) is 4.15. The van der Waals surface area contributed by atoms with Gasteiger partial charge in [0.2, 0.25) is 5.91 Å². The zero-order chi connectivity index (χ0) is 13.7. The van der Waals surface area contributed by atoms with Crippen LogP contribution in [0.15, 0.2) is 12.1 Å². The van der Waals surface area contributed by atoms with Crippen molar-refractivity contribution in [3.63, 3.8) is 0 Å². The van der Waals surface area contributed by atoms with Crippen LogP contribution in [0, 0.1) is 0 Å². The molecule has 0 aliphatic carbocycles. The van der Waals surface area contributed by atoms with E-state index in [2.05, 4.69) is 10.6 Å². The van der Waals surface area contributed by atoms with Gasteiger partial charge < -0.3 is 10.6 Å². The Balaban J connectivity index is 2.54. The van der Waals surface area contributed by atoms with Crippen molar-refractivity contribution in [1.29, 1.82) is 0 Å². The lowest BCUT2D eigenvalue weighted by Gasteiger charge is -2.11. The maximum absolute atomic E-state index is 11.4. The van der Waals surface area contributed by atoms with Crippen molar-refractivity contribution in [3.8, 4) is 0 Å². The largest absolute Gasteiger partial charge is 0.353 e. The smallest absolute Gasteiger partial charge is 0.234 e. The maximum atomic E-state index is 11.4. The first kappa shape index (κ1) is 15.6. The van der Waals surface area contributed by atoms with Crippen molar-refractivity contribution in [1.82, 2.24) is 10.6 Å². The van der Waals surface area contributed by atoms with E-state index in [4.69, 9.17) is 34.8 Å². The molecule has 3 nitrogen and oxygen atoms in total. The summed E-state index contributed by atoms with van der Waals surface area (Å²) >= 11 is 18.0. The number of nitrogens with one attached hydrogen (secondary N) is 2. The number of rotatable bonds is 5. The van der Waals surface area contributed by atoms with E-state index in [-0.39, 0.29) is 18.5 Å². The minimum Gasteiger partial charge on any atom is -0.353 e. The zero-order valence-corrected chi connectivity index (χ0v) is 12.5. The molecular formula is C12H15Cl3N2O. The highest BCUT2D eigenvalue weighted by molar-refractivity contribution is 6.44. The molecule has 6 heteroatoms. The van der Waals surface area contributed by atoms with E-state index in [0.29, 0.717) is 27.2 Å². The predicted octanol–water partition coefficient (Wildman–Crippen LogP) is 3.26. The van der Waals surface area contributed by atoms with E-state index in [1.54, 1.807) is 12.1 Å². The van der Waals surface area contributed by atoms with Gasteiger partial charge in [-0.25, -0.2) is 0 Å². The van der Waals surface area contributed by atoms with Crippen LogP contribution in [0.1, 0.15) is 19.4 Å². The Kier molecular flexibility index (Phi) is 6.22. The average molecular weight is 310 g/mol. The van der Waals surface area contributed by atoms with Gasteiger partial charge in [-0.2, -0.15) is 0 Å². The topological polar surface area (TPSA) is 41.1 Å². The van der Waals surface area contributed by atoms with Crippen LogP contribution in [0.5, 0.6) is 0 Å². The van der Waals surface area contributed by atoms with Gasteiger partial charge >= 0.3 is 0 Å². The summed E-state index contributed by atoms with van der Waals surface area (Å²) < 4.78 is 0. The van der Waals surface area contributed by atoms with Gasteiger partial charge in [0.25, 0.3) is 0 Å². The quantitative estimate of drug-likeness (QED) is 0.820. The third-order valence-corrected chi connectivity index (χ3v) is 3.37. The van der Waals surface area contributed by atoms with Crippen molar-refractivity contribution >= 4 is 40.7 Å². The Hall–Kier alpha value is -0.480. The third-order valence-electron chi connectivity index (χ3n) is 2.18. The van der Waals surface area contributed by atoms with Crippen molar-refractivity contribution in [2.75, 3.05) is 6.54 Å². The molecule has 1 amide bonds. The number of amides is 1. The molecule has 0 aliphatic heterocycles. The molecule has 0 saturated carbocycles. The van der Waals surface area contributed by atoms with Crippen LogP contribution >= 0.6 is 34.8 Å². The molecule has 0 bridgehead atoms. The Morgan fingerprint density at radius 1 is 1.22 bits per heavy atom. The summed E-state index contributed by atoms with van der Waals surface area (Å²) in [5.74, 6) is -0.0701. The minimum atomic E-state index is -0.0701. The zero-order valence-electron chi connectivity index (χ0n) is 10.2. The summed E-state index contributed by atoms with van der Waals surface area (Å²) in [7, 11) is 0. The number of carbonyl (C=O) groups excluding carboxylic acids is 1. The fourth-order valence-corrected chi connectivity index (χ4v) is 2.09. The van der Waals surface area contributed by atoms with Gasteiger partial charge in [-0.1, -0.05) is 34.8 Å². The van der Waals surface area contributed by atoms with Crippen LogP contribution in [-0.2, 0) is 11.3 Å². The Bertz CT molecular complexity index is 436. The van der Waals surface area contributed by atoms with Crippen LogP contribution in [-0.4, -0.2) is 18.5 Å². The van der Waals surface area contributed by atoms with Gasteiger partial charge in [-0.15, -0.1) is 0 Å². The molecule has 18 heavy (non-hydrogen) atoms. The lowest BCUT2D eigenvalue weighted by Crippen LogP contribution is -2.37. The Morgan fingerprint density at radius 2 is 1.83 bits per heavy atom. The summed E-state index contributed by atoms with van der Waals surface area (Å²) in [6.07, 6.45) is 0. The Labute approximate surface area is 122 Å². The van der Waals surface area contributed by atoms with E-state index in [0.717, 1.165) is 0 Å². The minimum absolute atomic E-state index is 0.0701. The summed E-state index contributed by atoms with van der Waals surface area (Å²) in [6, 6.07) is 3.44. The molecule has 0 aromatic heterocycles. The van der Waals surface area contributed by atoms with Gasteiger partial charge in [0.1, 0.15) is 0 Å². The first-order valence-corrected chi connectivity index (χ1v) is 6.67. The first-order valence-electron chi connectivity index (χ1n) is 5.54. The summed E-state index contributed by atoms with van der Waals surface area (Å²) in [4.78, 5) is 11.4. The molecule has 0 radical (unpaired) electrons. The number of hydrogen-bond donors (Lipinski definition) is 2. The molecule has 1 rings (SSSR count). The van der Waals surface area contributed by atoms with Crippen molar-refractivity contribution in [3.05, 3.63) is 32.8 Å². The van der Waals surface area contributed by atoms with Crippen LogP contribution in [0.4, 0.5) is 0 Å². The van der Waals surface area contributed by atoms with Gasteiger partial charge in [0.05, 0.1) is 16.6 Å². The average Bonchev–Trinajstić information content (AvgIpc) is 2.27. The SMILES string of the molecule is CC(C)NC(=O)CNCc1c(Cl)ccc(Cl)c1Cl. The van der Waals surface area contributed by atoms with Gasteiger partial charge in [0.15, 0.2) is 0 Å². The molecule has 0 fully saturated rings. The molecule has 1 aromatic rings. The highest BCUT2D eigenvalue weighted by Gasteiger charge is 2.10. The summed E-state index contributed by atoms with van der Waals surface area (Å²) in [5.41, 5.74) is 0.697. The maximum Gasteiger partial charge on any atom is 0.234 e. The van der Waals surface area contributed by atoms with E-state index in [9.17, 15) is 4.79 Å². The lowest BCUT2D eigenvalue weighted by molar-refractivity contribution is -0.120. The fraction of sp³-hybridized carbons (Fsp3) is 0.417. The van der Waals surface area contributed by atoms with E-state index < -0.39 is 0 Å². The molecule has 1 aromatic carbocycles. The summed E-state index contributed by atoms with van der Waals surface area (Å²) in [5, 5.41) is 7.15. The van der Waals surface area contributed by atoms with Crippen LogP contribution < -0.4 is 10.6 Å². The van der Waals surface area contributed by atoms with Gasteiger partial charge in [-0.3, -0.25) is 4.79 Å². The van der Waals surface area contributed by atoms with Crippen LogP contribution in [0.2, 0.25) is 15.1 Å². The number of benzene rings is 1. The molecule has 0 heterocycles. The van der Waals surface area contributed by atoms with Crippen LogP contribution in [0.3, 0.4) is 0 Å². The van der Waals surface area contributed by atoms with Crippen LogP contribution in [0.25, 0.3) is 0 Å². The molecule has 100 valence electrons. The molecule has 0 spiro atoms. The standard InChI is InChI=1S/C12H15Cl3N2O/c1-7(2)17-11(18)6-16-5-8-9(13)3-4-10(14)12(8)15/h3-4,7,16H,5-6H2,1-2H3,(H,17,18). The lowest BCUT2D eigenvalue weighted by atomic mass is 10.2. The number of carbonyl (C=O) groups is 1. The normalized spacial score (nSPS) is 10.8. The second kappa shape index (κ2) is 7.19.